The molecular formula is C50H61FN10O5S. The molecule has 67 heavy (non-hydrogen) atoms. The number of amides is 2. The minimum absolute atomic E-state index is 0.0513. The largest absolute Gasteiger partial charge is 0.453 e. The van der Waals surface area contributed by atoms with E-state index in [1.807, 2.05) is 32.3 Å². The molecule has 3 N–H and O–H groups in total. The average molecular weight is 933 g/mol. The standard InChI is InChI=1S/C50H61FN10O5S/c1-33(2)39-8-5-6-9-40(39)42-10-7-19-60(42)36-27-49(28-36)14-20-58(21-15-49)35-25-44(66-37-24-34-13-18-52-47(34)54-30-37)46(53-29-35)48(63)56-67-38-11-12-41(43(26-38)61(64)65)55-32-50(51)16-22-59(23-17-50)45(62)31-57(3)4/h5-6,8-9,11-13,18,24-26,29-30,33,36,42,55H,7,10,14-17,19-23,27-28,31-32H2,1-4H3,(H,52,54)(H,56,63). The number of benzene rings is 2. The lowest BCUT2D eigenvalue weighted by Crippen LogP contribution is -2.55. The summed E-state index contributed by atoms with van der Waals surface area (Å²) in [7, 11) is 3.62. The number of nitro groups is 1. The van der Waals surface area contributed by atoms with E-state index in [1.54, 1.807) is 34.5 Å². The fraction of sp³-hybridized carbons (Fsp3) is 0.480. The lowest BCUT2D eigenvalue weighted by molar-refractivity contribution is -0.384. The molecule has 6 heterocycles. The van der Waals surface area contributed by atoms with Gasteiger partial charge in [0.2, 0.25) is 5.91 Å². The van der Waals surface area contributed by atoms with E-state index in [9.17, 15) is 19.7 Å². The van der Waals surface area contributed by atoms with Crippen molar-refractivity contribution < 1.29 is 23.6 Å². The minimum atomic E-state index is -1.63. The van der Waals surface area contributed by atoms with Gasteiger partial charge in [-0.25, -0.2) is 14.4 Å². The van der Waals surface area contributed by atoms with Crippen LogP contribution in [0, 0.1) is 15.5 Å². The van der Waals surface area contributed by atoms with Crippen LogP contribution < -0.4 is 19.7 Å². The highest BCUT2D eigenvalue weighted by atomic mass is 32.2. The van der Waals surface area contributed by atoms with E-state index in [-0.39, 0.29) is 67.7 Å². The molecule has 15 nitrogen and oxygen atoms in total. The molecule has 1 spiro atoms. The third-order valence-electron chi connectivity index (χ3n) is 14.4. The minimum Gasteiger partial charge on any atom is -0.453 e. The quantitative estimate of drug-likeness (QED) is 0.0519. The second kappa shape index (κ2) is 19.4. The molecular weight excluding hydrogens is 872 g/mol. The normalized spacial score (nSPS) is 19.5. The fourth-order valence-electron chi connectivity index (χ4n) is 10.7. The number of halogens is 1. The first-order valence-electron chi connectivity index (χ1n) is 23.6. The van der Waals surface area contributed by atoms with Crippen LogP contribution in [0.1, 0.15) is 98.8 Å². The number of fused-ring (bicyclic) bond motifs is 1. The highest BCUT2D eigenvalue weighted by Gasteiger charge is 2.50. The topological polar surface area (TPSA) is 165 Å². The third kappa shape index (κ3) is 10.2. The Morgan fingerprint density at radius 2 is 1.78 bits per heavy atom. The highest BCUT2D eigenvalue weighted by molar-refractivity contribution is 7.98. The number of nitrogens with one attached hydrogen (secondary N) is 3. The summed E-state index contributed by atoms with van der Waals surface area (Å²) in [6.07, 6.45) is 12.4. The Balaban J connectivity index is 0.847. The first-order chi connectivity index (χ1) is 32.2. The van der Waals surface area contributed by atoms with Gasteiger partial charge in [-0.1, -0.05) is 38.1 Å². The molecule has 2 amide bonds. The number of alkyl halides is 1. The summed E-state index contributed by atoms with van der Waals surface area (Å²) in [5.74, 6) is 0.610. The predicted octanol–water partition coefficient (Wildman–Crippen LogP) is 9.11. The maximum atomic E-state index is 15.8. The number of piperidine rings is 2. The number of nitro benzene ring substituents is 1. The summed E-state index contributed by atoms with van der Waals surface area (Å²) in [4.78, 5) is 59.3. The number of aromatic nitrogens is 3. The van der Waals surface area contributed by atoms with E-state index >= 15 is 4.39 Å². The molecule has 4 fully saturated rings. The van der Waals surface area contributed by atoms with Crippen LogP contribution in [-0.4, -0.2) is 118 Å². The number of ether oxygens (including phenoxy) is 1. The Morgan fingerprint density at radius 1 is 1.00 bits per heavy atom. The van der Waals surface area contributed by atoms with E-state index in [0.29, 0.717) is 39.7 Å². The molecule has 1 aliphatic carbocycles. The highest BCUT2D eigenvalue weighted by Crippen LogP contribution is 2.54. The van der Waals surface area contributed by atoms with Crippen LogP contribution >= 0.6 is 11.9 Å². The molecule has 3 aromatic heterocycles. The summed E-state index contributed by atoms with van der Waals surface area (Å²) in [5.41, 5.74) is 3.21. The third-order valence-corrected chi connectivity index (χ3v) is 15.2. The zero-order chi connectivity index (χ0) is 46.9. The molecule has 5 aromatic rings. The lowest BCUT2D eigenvalue weighted by atomic mass is 9.59. The van der Waals surface area contributed by atoms with E-state index in [4.69, 9.17) is 4.74 Å². The number of aromatic amines is 1. The summed E-state index contributed by atoms with van der Waals surface area (Å²) in [6, 6.07) is 20.2. The molecule has 0 bridgehead atoms. The number of pyridine rings is 2. The molecule has 0 radical (unpaired) electrons. The van der Waals surface area contributed by atoms with Gasteiger partial charge in [0, 0.05) is 86.3 Å². The van der Waals surface area contributed by atoms with E-state index in [1.165, 1.54) is 55.5 Å². The van der Waals surface area contributed by atoms with Crippen LogP contribution in [0.25, 0.3) is 11.0 Å². The van der Waals surface area contributed by atoms with E-state index in [2.05, 4.69) is 72.9 Å². The Kier molecular flexibility index (Phi) is 13.4. The van der Waals surface area contributed by atoms with Crippen molar-refractivity contribution in [3.8, 4) is 11.5 Å². The van der Waals surface area contributed by atoms with Crippen molar-refractivity contribution in [3.05, 3.63) is 106 Å². The van der Waals surface area contributed by atoms with Crippen LogP contribution in [0.3, 0.4) is 0 Å². The molecule has 1 unspecified atom stereocenters. The van der Waals surface area contributed by atoms with Gasteiger partial charge in [0.05, 0.1) is 29.5 Å². The lowest BCUT2D eigenvalue weighted by Gasteiger charge is -2.56. The smallest absolute Gasteiger partial charge is 0.293 e. The van der Waals surface area contributed by atoms with Gasteiger partial charge in [-0.15, -0.1) is 0 Å². The number of anilines is 2. The molecule has 9 rings (SSSR count). The van der Waals surface area contributed by atoms with Gasteiger partial charge in [-0.2, -0.15) is 0 Å². The van der Waals surface area contributed by atoms with Gasteiger partial charge >= 0.3 is 0 Å². The number of nitrogens with zero attached hydrogens (tertiary/aromatic N) is 7. The van der Waals surface area contributed by atoms with Crippen LogP contribution in [0.2, 0.25) is 0 Å². The van der Waals surface area contributed by atoms with Crippen molar-refractivity contribution in [2.45, 2.75) is 93.8 Å². The number of hydrogen-bond acceptors (Lipinski definition) is 12. The van der Waals surface area contributed by atoms with E-state index < -0.39 is 16.5 Å². The molecule has 3 saturated heterocycles. The number of likely N-dealkylation sites (tertiary alicyclic amines) is 2. The first kappa shape index (κ1) is 46.3. The molecule has 2 aromatic carbocycles. The fourth-order valence-corrected chi connectivity index (χ4v) is 11.3. The van der Waals surface area contributed by atoms with Crippen molar-refractivity contribution in [3.63, 3.8) is 0 Å². The number of hydrogen-bond donors (Lipinski definition) is 3. The summed E-state index contributed by atoms with van der Waals surface area (Å²) >= 11 is 0.912. The second-order valence-corrected chi connectivity index (χ2v) is 20.4. The number of rotatable bonds is 15. The molecule has 4 aliphatic rings. The van der Waals surface area contributed by atoms with Crippen LogP contribution in [-0.2, 0) is 4.79 Å². The Hall–Kier alpha value is -5.78. The van der Waals surface area contributed by atoms with Gasteiger partial charge in [0.25, 0.3) is 11.6 Å². The van der Waals surface area contributed by atoms with Crippen LogP contribution in [0.15, 0.2) is 84.1 Å². The predicted molar refractivity (Wildman–Crippen MR) is 260 cm³/mol. The Morgan fingerprint density at radius 3 is 2.52 bits per heavy atom. The Bertz CT molecular complexity index is 2600. The number of H-pyrrole nitrogens is 1. The first-order valence-corrected chi connectivity index (χ1v) is 24.4. The number of carbonyl (C=O) groups excluding carboxylic acids is 2. The van der Waals surface area contributed by atoms with Crippen molar-refractivity contribution in [1.82, 2.24) is 34.4 Å². The van der Waals surface area contributed by atoms with Gasteiger partial charge in [-0.05, 0) is 118 Å². The molecule has 1 atom stereocenters. The van der Waals surface area contributed by atoms with Gasteiger partial charge in [0.15, 0.2) is 11.4 Å². The van der Waals surface area contributed by atoms with Crippen LogP contribution in [0.5, 0.6) is 11.5 Å². The molecule has 3 aliphatic heterocycles. The van der Waals surface area contributed by atoms with Gasteiger partial charge < -0.3 is 29.7 Å². The molecule has 17 heteroatoms. The summed E-state index contributed by atoms with van der Waals surface area (Å²) in [6.45, 7) is 8.17. The average Bonchev–Trinajstić information content (AvgIpc) is 4.00. The maximum Gasteiger partial charge on any atom is 0.293 e. The zero-order valence-corrected chi connectivity index (χ0v) is 39.6. The molecule has 1 saturated carbocycles. The second-order valence-electron chi connectivity index (χ2n) is 19.5. The number of likely N-dealkylation sites (N-methyl/N-ethyl adjacent to an activating group) is 1. The maximum absolute atomic E-state index is 15.8. The van der Waals surface area contributed by atoms with Gasteiger partial charge in [0.1, 0.15) is 22.8 Å². The van der Waals surface area contributed by atoms with Crippen molar-refractivity contribution in [1.29, 1.82) is 0 Å². The SMILES string of the molecule is CC(C)c1ccccc1C1CCCN1C1CC2(CCN(c3cnc(C(=O)NSc4ccc(NCC5(F)CCN(C(=O)CN(C)C)CC5)c([N+](=O)[O-])c4)c(Oc4cnc5[nH]ccc5c4)c3)CC2)C1. The Labute approximate surface area is 395 Å². The monoisotopic (exact) mass is 932 g/mol. The molecule has 354 valence electrons. The van der Waals surface area contributed by atoms with Crippen molar-refractivity contribution in [2.75, 3.05) is 70.1 Å². The van der Waals surface area contributed by atoms with Gasteiger partial charge in [-0.3, -0.25) is 29.3 Å². The van der Waals surface area contributed by atoms with Crippen molar-refractivity contribution >= 4 is 51.9 Å². The van der Waals surface area contributed by atoms with Crippen molar-refractivity contribution in [2.24, 2.45) is 5.41 Å². The summed E-state index contributed by atoms with van der Waals surface area (Å²) in [5, 5.41) is 16.0. The zero-order valence-electron chi connectivity index (χ0n) is 38.8. The number of carbonyl (C=O) groups is 2. The summed E-state index contributed by atoms with van der Waals surface area (Å²) < 4.78 is 25.0. The van der Waals surface area contributed by atoms with Crippen LogP contribution in [0.4, 0.5) is 21.5 Å². The van der Waals surface area contributed by atoms with E-state index in [0.717, 1.165) is 49.0 Å².